The lowest BCUT2D eigenvalue weighted by Crippen LogP contribution is -2.36. The van der Waals surface area contributed by atoms with Crippen LogP contribution < -0.4 is 28.3 Å². The average molecular weight is 426 g/mol. The third kappa shape index (κ3) is 12.7. The van der Waals surface area contributed by atoms with Gasteiger partial charge in [-0.25, -0.2) is 0 Å². The molecule has 0 heterocycles. The predicted molar refractivity (Wildman–Crippen MR) is 120 cm³/mol. The molecular formula is C20H39N7O3. The molecule has 10 heteroatoms. The zero-order valence-electron chi connectivity index (χ0n) is 18.5. The van der Waals surface area contributed by atoms with E-state index < -0.39 is 5.92 Å². The first-order valence-corrected chi connectivity index (χ1v) is 10.5. The molecule has 0 aliphatic rings. The van der Waals surface area contributed by atoms with Crippen LogP contribution in [0.25, 0.3) is 0 Å². The lowest BCUT2D eigenvalue weighted by Gasteiger charge is -2.18. The Morgan fingerprint density at radius 1 is 0.867 bits per heavy atom. The number of nitrogens with one attached hydrogen (secondary N) is 1. The summed E-state index contributed by atoms with van der Waals surface area (Å²) in [5.74, 6) is -1.05. The first kappa shape index (κ1) is 27.4. The Morgan fingerprint density at radius 3 is 1.80 bits per heavy atom. The Kier molecular flexibility index (Phi) is 13.9. The zero-order valence-corrected chi connectivity index (χ0v) is 18.5. The summed E-state index contributed by atoms with van der Waals surface area (Å²) in [5.41, 5.74) is 21.2. The van der Waals surface area contributed by atoms with Crippen LogP contribution in [0.4, 0.5) is 0 Å². The molecule has 30 heavy (non-hydrogen) atoms. The first-order valence-electron chi connectivity index (χ1n) is 10.5. The van der Waals surface area contributed by atoms with E-state index >= 15 is 0 Å². The SMILES string of the molecule is CCC(CCCN=C(N)N)C(=O)NCC(=O)CC(CCCN=C(N)N)C(=O)C(C)C. The highest BCUT2D eigenvalue weighted by Crippen LogP contribution is 2.18. The van der Waals surface area contributed by atoms with Crippen LogP contribution in [-0.2, 0) is 14.4 Å². The van der Waals surface area contributed by atoms with Crippen LogP contribution >= 0.6 is 0 Å². The van der Waals surface area contributed by atoms with Crippen molar-refractivity contribution >= 4 is 29.4 Å². The second-order valence-corrected chi connectivity index (χ2v) is 7.72. The van der Waals surface area contributed by atoms with Gasteiger partial charge in [-0.2, -0.15) is 0 Å². The fourth-order valence-corrected chi connectivity index (χ4v) is 3.11. The molecule has 10 nitrogen and oxygen atoms in total. The van der Waals surface area contributed by atoms with Crippen molar-refractivity contribution in [2.75, 3.05) is 19.6 Å². The molecule has 0 radical (unpaired) electrons. The third-order valence-corrected chi connectivity index (χ3v) is 4.78. The Bertz CT molecular complexity index is 610. The molecule has 0 saturated heterocycles. The standard InChI is InChI=1S/C20H39N7O3/c1-4-14(7-5-9-25-19(21)22)18(30)27-12-16(28)11-15(17(29)13(2)3)8-6-10-26-20(23)24/h13-15H,4-12H2,1-3H3,(H,27,30)(H4,21,22,25)(H4,23,24,26). The molecule has 0 aromatic heterocycles. The monoisotopic (exact) mass is 425 g/mol. The normalized spacial score (nSPS) is 12.7. The number of hydrogen-bond donors (Lipinski definition) is 5. The lowest BCUT2D eigenvalue weighted by atomic mass is 9.87. The van der Waals surface area contributed by atoms with Gasteiger partial charge in [0.15, 0.2) is 17.7 Å². The van der Waals surface area contributed by atoms with Crippen LogP contribution in [0, 0.1) is 17.8 Å². The van der Waals surface area contributed by atoms with E-state index in [0.717, 1.165) is 0 Å². The van der Waals surface area contributed by atoms with Crippen LogP contribution in [0.2, 0.25) is 0 Å². The van der Waals surface area contributed by atoms with Crippen molar-refractivity contribution in [1.29, 1.82) is 0 Å². The maximum atomic E-state index is 12.4. The number of Topliss-reactive ketones (excluding diaryl/α,β-unsaturated/α-hetero) is 2. The zero-order chi connectivity index (χ0) is 23.1. The molecule has 0 aromatic rings. The smallest absolute Gasteiger partial charge is 0.223 e. The van der Waals surface area contributed by atoms with Gasteiger partial charge < -0.3 is 28.3 Å². The quantitative estimate of drug-likeness (QED) is 0.131. The van der Waals surface area contributed by atoms with E-state index in [1.807, 2.05) is 20.8 Å². The second-order valence-electron chi connectivity index (χ2n) is 7.72. The Hall–Kier alpha value is -2.65. The summed E-state index contributed by atoms with van der Waals surface area (Å²) in [7, 11) is 0. The van der Waals surface area contributed by atoms with E-state index in [0.29, 0.717) is 45.2 Å². The van der Waals surface area contributed by atoms with Gasteiger partial charge in [-0.15, -0.1) is 0 Å². The van der Waals surface area contributed by atoms with Gasteiger partial charge in [0.2, 0.25) is 5.91 Å². The van der Waals surface area contributed by atoms with E-state index in [-0.39, 0.29) is 54.2 Å². The van der Waals surface area contributed by atoms with Crippen LogP contribution in [0.3, 0.4) is 0 Å². The summed E-state index contributed by atoms with van der Waals surface area (Å²) in [4.78, 5) is 45.0. The van der Waals surface area contributed by atoms with Crippen molar-refractivity contribution in [2.24, 2.45) is 50.7 Å². The van der Waals surface area contributed by atoms with Crippen molar-refractivity contribution in [1.82, 2.24) is 5.32 Å². The van der Waals surface area contributed by atoms with E-state index in [1.54, 1.807) is 0 Å². The second kappa shape index (κ2) is 15.2. The van der Waals surface area contributed by atoms with Gasteiger partial charge in [0.25, 0.3) is 0 Å². The van der Waals surface area contributed by atoms with Gasteiger partial charge >= 0.3 is 0 Å². The highest BCUT2D eigenvalue weighted by atomic mass is 16.2. The average Bonchev–Trinajstić information content (AvgIpc) is 2.67. The minimum Gasteiger partial charge on any atom is -0.370 e. The molecule has 0 aliphatic heterocycles. The Balaban J connectivity index is 4.59. The highest BCUT2D eigenvalue weighted by molar-refractivity contribution is 5.91. The number of ketones is 2. The van der Waals surface area contributed by atoms with E-state index in [9.17, 15) is 14.4 Å². The minimum atomic E-state index is -0.398. The first-order chi connectivity index (χ1) is 14.1. The van der Waals surface area contributed by atoms with Crippen LogP contribution in [0.1, 0.15) is 59.3 Å². The van der Waals surface area contributed by atoms with Crippen LogP contribution in [0.5, 0.6) is 0 Å². The topological polar surface area (TPSA) is 192 Å². The maximum absolute atomic E-state index is 12.4. The molecule has 172 valence electrons. The summed E-state index contributed by atoms with van der Waals surface area (Å²) < 4.78 is 0. The molecule has 9 N–H and O–H groups in total. The summed E-state index contributed by atoms with van der Waals surface area (Å²) in [6, 6.07) is 0. The van der Waals surface area contributed by atoms with E-state index in [4.69, 9.17) is 22.9 Å². The molecular weight excluding hydrogens is 386 g/mol. The van der Waals surface area contributed by atoms with Crippen molar-refractivity contribution in [3.05, 3.63) is 0 Å². The number of rotatable bonds is 16. The molecule has 0 rings (SSSR count). The molecule has 2 unspecified atom stereocenters. The summed E-state index contributed by atoms with van der Waals surface area (Å²) >= 11 is 0. The van der Waals surface area contributed by atoms with Crippen molar-refractivity contribution in [2.45, 2.75) is 59.3 Å². The number of carbonyl (C=O) groups is 3. The Labute approximate surface area is 179 Å². The Morgan fingerprint density at radius 2 is 1.37 bits per heavy atom. The highest BCUT2D eigenvalue weighted by Gasteiger charge is 2.24. The van der Waals surface area contributed by atoms with Crippen molar-refractivity contribution in [3.63, 3.8) is 0 Å². The molecule has 0 bridgehead atoms. The van der Waals surface area contributed by atoms with Gasteiger partial charge in [0.05, 0.1) is 6.54 Å². The van der Waals surface area contributed by atoms with E-state index in [1.165, 1.54) is 0 Å². The molecule has 1 amide bonds. The fraction of sp³-hybridized carbons (Fsp3) is 0.750. The van der Waals surface area contributed by atoms with Crippen molar-refractivity contribution < 1.29 is 14.4 Å². The summed E-state index contributed by atoms with van der Waals surface area (Å²) in [6.07, 6.45) is 3.19. The molecule has 0 fully saturated rings. The number of aliphatic imine (C=N–C) groups is 2. The largest absolute Gasteiger partial charge is 0.370 e. The van der Waals surface area contributed by atoms with Gasteiger partial charge in [0.1, 0.15) is 5.78 Å². The minimum absolute atomic E-state index is 0.00398. The maximum Gasteiger partial charge on any atom is 0.223 e. The number of hydrogen-bond acceptors (Lipinski definition) is 5. The number of carbonyl (C=O) groups excluding carboxylic acids is 3. The van der Waals surface area contributed by atoms with Crippen molar-refractivity contribution in [3.8, 4) is 0 Å². The lowest BCUT2D eigenvalue weighted by molar-refractivity contribution is -0.131. The van der Waals surface area contributed by atoms with Crippen LogP contribution in [0.15, 0.2) is 9.98 Å². The molecule has 0 spiro atoms. The molecule has 0 aromatic carbocycles. The van der Waals surface area contributed by atoms with Gasteiger partial charge in [0, 0.05) is 37.3 Å². The van der Waals surface area contributed by atoms with E-state index in [2.05, 4.69) is 15.3 Å². The van der Waals surface area contributed by atoms with Crippen LogP contribution in [-0.4, -0.2) is 49.0 Å². The summed E-state index contributed by atoms with van der Waals surface area (Å²) in [5, 5.41) is 2.70. The third-order valence-electron chi connectivity index (χ3n) is 4.78. The molecule has 0 aliphatic carbocycles. The van der Waals surface area contributed by atoms with Gasteiger partial charge in [-0.3, -0.25) is 24.4 Å². The summed E-state index contributed by atoms with van der Waals surface area (Å²) in [6.45, 7) is 6.33. The number of amides is 1. The molecule has 2 atom stereocenters. The number of nitrogens with zero attached hydrogens (tertiary/aromatic N) is 2. The fourth-order valence-electron chi connectivity index (χ4n) is 3.11. The molecule has 0 saturated carbocycles. The number of guanidine groups is 2. The number of nitrogens with two attached hydrogens (primary N) is 4. The van der Waals surface area contributed by atoms with Gasteiger partial charge in [-0.1, -0.05) is 20.8 Å². The van der Waals surface area contributed by atoms with Gasteiger partial charge in [-0.05, 0) is 32.1 Å². The predicted octanol–water partition coefficient (Wildman–Crippen LogP) is 0.0365.